The number of aromatic nitrogens is 1. The normalized spacial score (nSPS) is 14.1. The van der Waals surface area contributed by atoms with Gasteiger partial charge in [0.15, 0.2) is 0 Å². The molecule has 1 amide bonds. The summed E-state index contributed by atoms with van der Waals surface area (Å²) in [5.74, 6) is -3.05. The zero-order chi connectivity index (χ0) is 27.8. The molecule has 0 bridgehead atoms. The third-order valence-corrected chi connectivity index (χ3v) is 6.32. The number of nitrogens with zero attached hydrogens (tertiary/aromatic N) is 1. The number of nitrogens with one attached hydrogen (secondary N) is 2. The van der Waals surface area contributed by atoms with E-state index < -0.39 is 51.8 Å². The molecular formula is C26H20ClF4N3O4. The summed E-state index contributed by atoms with van der Waals surface area (Å²) in [7, 11) is 1.12. The summed E-state index contributed by atoms with van der Waals surface area (Å²) in [6, 6.07) is 7.38. The van der Waals surface area contributed by atoms with Gasteiger partial charge >= 0.3 is 12.1 Å². The number of methoxy groups -OCH3 is 1. The molecule has 198 valence electrons. The van der Waals surface area contributed by atoms with Gasteiger partial charge in [0.25, 0.3) is 5.91 Å². The number of anilines is 1. The van der Waals surface area contributed by atoms with Gasteiger partial charge in [-0.1, -0.05) is 17.7 Å². The molecule has 0 aliphatic heterocycles. The highest BCUT2D eigenvalue weighted by atomic mass is 35.5. The monoisotopic (exact) mass is 549 g/mol. The van der Waals surface area contributed by atoms with E-state index in [4.69, 9.17) is 17.0 Å². The van der Waals surface area contributed by atoms with Crippen molar-refractivity contribution < 1.29 is 37.0 Å². The molecule has 4 rings (SSSR count). The Morgan fingerprint density at radius 3 is 2.53 bits per heavy atom. The Hall–Kier alpha value is -3.83. The highest BCUT2D eigenvalue weighted by Gasteiger charge is 2.37. The average molecular weight is 550 g/mol. The van der Waals surface area contributed by atoms with Crippen LogP contribution in [0.3, 0.4) is 0 Å². The molecule has 1 unspecified atom stereocenters. The molecule has 38 heavy (non-hydrogen) atoms. The lowest BCUT2D eigenvalue weighted by Crippen LogP contribution is -2.22. The topological polar surface area (TPSA) is 112 Å². The van der Waals surface area contributed by atoms with Crippen molar-refractivity contribution in [2.75, 3.05) is 12.4 Å². The number of carbonyl (C=O) groups is 2. The number of aliphatic hydroxyl groups excluding tert-OH is 1. The van der Waals surface area contributed by atoms with Gasteiger partial charge in [-0.25, -0.2) is 9.18 Å². The van der Waals surface area contributed by atoms with Crippen LogP contribution >= 0.6 is 11.6 Å². The van der Waals surface area contributed by atoms with Crippen LogP contribution < -0.4 is 5.32 Å². The molecule has 0 radical (unpaired) electrons. The van der Waals surface area contributed by atoms with Gasteiger partial charge in [0.2, 0.25) is 0 Å². The van der Waals surface area contributed by atoms with E-state index >= 15 is 0 Å². The Morgan fingerprint density at radius 1 is 1.21 bits per heavy atom. The number of halogens is 5. The van der Waals surface area contributed by atoms with Crippen LogP contribution in [-0.4, -0.2) is 34.8 Å². The number of pyridine rings is 1. The van der Waals surface area contributed by atoms with Gasteiger partial charge in [0, 0.05) is 17.3 Å². The first-order chi connectivity index (χ1) is 17.9. The maximum atomic E-state index is 14.9. The third-order valence-electron chi connectivity index (χ3n) is 6.01. The van der Waals surface area contributed by atoms with Crippen LogP contribution in [0.5, 0.6) is 0 Å². The van der Waals surface area contributed by atoms with Crippen molar-refractivity contribution in [1.82, 2.24) is 4.98 Å². The van der Waals surface area contributed by atoms with Crippen LogP contribution in [0.2, 0.25) is 5.02 Å². The molecule has 1 fully saturated rings. The molecule has 0 saturated heterocycles. The number of benzene rings is 2. The van der Waals surface area contributed by atoms with Crippen molar-refractivity contribution in [3.05, 3.63) is 93.0 Å². The van der Waals surface area contributed by atoms with E-state index in [0.717, 1.165) is 44.2 Å². The molecule has 0 spiro atoms. The first-order valence-corrected chi connectivity index (χ1v) is 11.6. The predicted octanol–water partition coefficient (Wildman–Crippen LogP) is 5.79. The minimum absolute atomic E-state index is 0.0469. The molecule has 1 heterocycles. The van der Waals surface area contributed by atoms with Crippen molar-refractivity contribution in [3.8, 4) is 0 Å². The van der Waals surface area contributed by atoms with Crippen molar-refractivity contribution in [2.45, 2.75) is 25.1 Å². The van der Waals surface area contributed by atoms with Crippen molar-refractivity contribution >= 4 is 34.9 Å². The van der Waals surface area contributed by atoms with Crippen LogP contribution in [0.25, 0.3) is 0 Å². The number of carbonyl (C=O) groups excluding carboxylic acids is 2. The largest absolute Gasteiger partial charge is 0.465 e. The Balaban J connectivity index is 1.77. The van der Waals surface area contributed by atoms with E-state index in [-0.39, 0.29) is 34.0 Å². The second-order valence-electron chi connectivity index (χ2n) is 8.62. The van der Waals surface area contributed by atoms with Gasteiger partial charge < -0.3 is 15.2 Å². The summed E-state index contributed by atoms with van der Waals surface area (Å²) in [5, 5.41) is 20.9. The highest BCUT2D eigenvalue weighted by molar-refractivity contribution is 6.34. The summed E-state index contributed by atoms with van der Waals surface area (Å²) < 4.78 is 60.2. The standard InChI is InChI=1S/C26H20ClF4N3O4/c1-38-25(37)13-7-8-15(18(28)9-13)21(32)22-19(10-14(11-33-22)23(35)12-5-6-12)34-24(36)20-16(26(29,30)31)3-2-4-17(20)27/h2-4,7-12,23,32,35H,5-6H2,1H3,(H,34,36). The van der Waals surface area contributed by atoms with E-state index in [1.165, 1.54) is 18.3 Å². The summed E-state index contributed by atoms with van der Waals surface area (Å²) >= 11 is 5.95. The SMILES string of the molecule is COC(=O)c1ccc(C(=N)c2ncc(C(O)C3CC3)cc2NC(=O)c2c(Cl)cccc2C(F)(F)F)c(F)c1. The van der Waals surface area contributed by atoms with Gasteiger partial charge in [-0.15, -0.1) is 0 Å². The molecule has 7 nitrogen and oxygen atoms in total. The number of esters is 1. The number of ether oxygens (including phenoxy) is 1. The highest BCUT2D eigenvalue weighted by Crippen LogP contribution is 2.41. The Bertz CT molecular complexity index is 1440. The van der Waals surface area contributed by atoms with E-state index in [1.807, 2.05) is 0 Å². The summed E-state index contributed by atoms with van der Waals surface area (Å²) in [6.07, 6.45) is -3.08. The smallest absolute Gasteiger partial charge is 0.417 e. The van der Waals surface area contributed by atoms with Gasteiger partial charge in [-0.3, -0.25) is 15.2 Å². The molecule has 12 heteroatoms. The van der Waals surface area contributed by atoms with Gasteiger partial charge in [0.1, 0.15) is 11.5 Å². The fourth-order valence-electron chi connectivity index (χ4n) is 3.89. The van der Waals surface area contributed by atoms with Crippen molar-refractivity contribution in [1.29, 1.82) is 5.41 Å². The van der Waals surface area contributed by atoms with Crippen LogP contribution in [0.15, 0.2) is 48.7 Å². The van der Waals surface area contributed by atoms with Crippen molar-refractivity contribution in [3.63, 3.8) is 0 Å². The molecule has 3 N–H and O–H groups in total. The third kappa shape index (κ3) is 5.53. The summed E-state index contributed by atoms with van der Waals surface area (Å²) in [4.78, 5) is 28.9. The fraction of sp³-hybridized carbons (Fsp3) is 0.231. The van der Waals surface area contributed by atoms with Crippen LogP contribution in [0.1, 0.15) is 62.0 Å². The second kappa shape index (κ2) is 10.5. The first-order valence-electron chi connectivity index (χ1n) is 11.2. The van der Waals surface area contributed by atoms with E-state index in [0.29, 0.717) is 6.07 Å². The number of alkyl halides is 3. The van der Waals surface area contributed by atoms with E-state index in [1.54, 1.807) is 0 Å². The zero-order valence-electron chi connectivity index (χ0n) is 19.7. The molecule has 1 aromatic heterocycles. The molecular weight excluding hydrogens is 530 g/mol. The van der Waals surface area contributed by atoms with E-state index in [9.17, 15) is 32.3 Å². The summed E-state index contributed by atoms with van der Waals surface area (Å²) in [5.41, 5.74) is -3.31. The Labute approximate surface area is 218 Å². The molecule has 1 saturated carbocycles. The Kier molecular flexibility index (Phi) is 7.52. The number of hydrogen-bond donors (Lipinski definition) is 3. The van der Waals surface area contributed by atoms with Gasteiger partial charge in [0.05, 0.1) is 46.3 Å². The minimum atomic E-state index is -4.89. The molecule has 1 atom stereocenters. The first kappa shape index (κ1) is 27.2. The molecule has 2 aromatic carbocycles. The van der Waals surface area contributed by atoms with Crippen LogP contribution in [0, 0.1) is 17.1 Å². The lowest BCUT2D eigenvalue weighted by molar-refractivity contribution is -0.137. The van der Waals surface area contributed by atoms with Gasteiger partial charge in [-0.05, 0) is 55.2 Å². The van der Waals surface area contributed by atoms with Crippen molar-refractivity contribution in [2.24, 2.45) is 5.92 Å². The lowest BCUT2D eigenvalue weighted by atomic mass is 10.00. The minimum Gasteiger partial charge on any atom is -0.465 e. The molecule has 3 aromatic rings. The number of hydrogen-bond acceptors (Lipinski definition) is 6. The number of aliphatic hydroxyl groups is 1. The molecule has 1 aliphatic rings. The van der Waals surface area contributed by atoms with E-state index in [2.05, 4.69) is 15.0 Å². The maximum Gasteiger partial charge on any atom is 0.417 e. The van der Waals surface area contributed by atoms with Crippen LogP contribution in [0.4, 0.5) is 23.2 Å². The quantitative estimate of drug-likeness (QED) is 0.196. The predicted molar refractivity (Wildman–Crippen MR) is 130 cm³/mol. The Morgan fingerprint density at radius 2 is 1.92 bits per heavy atom. The summed E-state index contributed by atoms with van der Waals surface area (Å²) in [6.45, 7) is 0. The molecule has 1 aliphatic carbocycles. The van der Waals surface area contributed by atoms with Gasteiger partial charge in [-0.2, -0.15) is 13.2 Å². The second-order valence-corrected chi connectivity index (χ2v) is 9.03. The van der Waals surface area contributed by atoms with Crippen LogP contribution in [-0.2, 0) is 10.9 Å². The number of rotatable bonds is 7. The fourth-order valence-corrected chi connectivity index (χ4v) is 4.15. The lowest BCUT2D eigenvalue weighted by Gasteiger charge is -2.18. The zero-order valence-corrected chi connectivity index (χ0v) is 20.5. The average Bonchev–Trinajstić information content (AvgIpc) is 3.72. The number of amides is 1. The maximum absolute atomic E-state index is 14.9.